The molecule has 0 saturated carbocycles. The number of rotatable bonds is 3. The van der Waals surface area contributed by atoms with Gasteiger partial charge >= 0.3 is 0 Å². The Labute approximate surface area is 116 Å². The van der Waals surface area contributed by atoms with E-state index in [1.165, 1.54) is 18.0 Å². The van der Waals surface area contributed by atoms with Crippen molar-refractivity contribution in [3.05, 3.63) is 45.7 Å². The Bertz CT molecular complexity index is 593. The molecule has 2 aromatic rings. The SMILES string of the molecule is COc1cnn(C)c1C(O)c1c(F)cc(Br)cc1F. The lowest BCUT2D eigenvalue weighted by atomic mass is 10.0. The summed E-state index contributed by atoms with van der Waals surface area (Å²) < 4.78 is 34.2. The number of aryl methyl sites for hydroxylation is 1. The van der Waals surface area contributed by atoms with Gasteiger partial charge in [0.1, 0.15) is 23.4 Å². The minimum Gasteiger partial charge on any atom is -0.493 e. The van der Waals surface area contributed by atoms with Gasteiger partial charge in [0, 0.05) is 11.5 Å². The highest BCUT2D eigenvalue weighted by atomic mass is 79.9. The fourth-order valence-electron chi connectivity index (χ4n) is 1.85. The van der Waals surface area contributed by atoms with Gasteiger partial charge in [-0.25, -0.2) is 8.78 Å². The number of ether oxygens (including phenoxy) is 1. The number of aliphatic hydroxyl groups excluding tert-OH is 1. The standard InChI is InChI=1S/C12H11BrF2N2O2/c1-17-11(9(19-2)5-16-17)12(18)10-7(14)3-6(13)4-8(10)15/h3-5,12,18H,1-2H3. The molecule has 1 aromatic heterocycles. The average Bonchev–Trinajstić information content (AvgIpc) is 2.68. The molecule has 0 spiro atoms. The van der Waals surface area contributed by atoms with Crippen LogP contribution >= 0.6 is 15.9 Å². The number of methoxy groups -OCH3 is 1. The van der Waals surface area contributed by atoms with Crippen molar-refractivity contribution in [2.45, 2.75) is 6.10 Å². The average molecular weight is 333 g/mol. The quantitative estimate of drug-likeness (QED) is 0.939. The Morgan fingerprint density at radius 1 is 1.37 bits per heavy atom. The van der Waals surface area contributed by atoms with Crippen LogP contribution in [0, 0.1) is 11.6 Å². The molecule has 0 aliphatic rings. The van der Waals surface area contributed by atoms with Gasteiger partial charge in [-0.15, -0.1) is 0 Å². The lowest BCUT2D eigenvalue weighted by Gasteiger charge is -2.15. The highest BCUT2D eigenvalue weighted by Gasteiger charge is 2.26. The largest absolute Gasteiger partial charge is 0.493 e. The third kappa shape index (κ3) is 2.48. The zero-order valence-corrected chi connectivity index (χ0v) is 11.8. The monoisotopic (exact) mass is 332 g/mol. The van der Waals surface area contributed by atoms with Crippen molar-refractivity contribution in [1.29, 1.82) is 0 Å². The maximum atomic E-state index is 13.8. The van der Waals surface area contributed by atoms with E-state index in [-0.39, 0.29) is 15.9 Å². The first-order chi connectivity index (χ1) is 8.95. The first-order valence-electron chi connectivity index (χ1n) is 5.34. The van der Waals surface area contributed by atoms with Crippen LogP contribution in [0.4, 0.5) is 8.78 Å². The molecule has 0 bridgehead atoms. The highest BCUT2D eigenvalue weighted by Crippen LogP contribution is 2.33. The highest BCUT2D eigenvalue weighted by molar-refractivity contribution is 9.10. The summed E-state index contributed by atoms with van der Waals surface area (Å²) in [4.78, 5) is 0. The Kier molecular flexibility index (Phi) is 3.86. The first kappa shape index (κ1) is 14.0. The summed E-state index contributed by atoms with van der Waals surface area (Å²) in [6.07, 6.45) is -0.136. The number of halogens is 3. The van der Waals surface area contributed by atoms with E-state index in [0.717, 1.165) is 12.1 Å². The van der Waals surface area contributed by atoms with Crippen LogP contribution in [0.2, 0.25) is 0 Å². The molecule has 7 heteroatoms. The van der Waals surface area contributed by atoms with E-state index in [2.05, 4.69) is 21.0 Å². The summed E-state index contributed by atoms with van der Waals surface area (Å²) in [5.74, 6) is -1.43. The van der Waals surface area contributed by atoms with Gasteiger partial charge < -0.3 is 9.84 Å². The van der Waals surface area contributed by atoms with Gasteiger partial charge in [-0.05, 0) is 12.1 Å². The Hall–Kier alpha value is -1.47. The molecular formula is C12H11BrF2N2O2. The number of hydrogen-bond acceptors (Lipinski definition) is 3. The summed E-state index contributed by atoms with van der Waals surface area (Å²) in [7, 11) is 2.94. The Balaban J connectivity index is 2.56. The van der Waals surface area contributed by atoms with Crippen molar-refractivity contribution in [3.63, 3.8) is 0 Å². The molecule has 1 N–H and O–H groups in total. The molecule has 1 heterocycles. The fourth-order valence-corrected chi connectivity index (χ4v) is 2.25. The topological polar surface area (TPSA) is 47.3 Å². The molecule has 0 aliphatic carbocycles. The molecule has 19 heavy (non-hydrogen) atoms. The predicted molar refractivity (Wildman–Crippen MR) is 67.9 cm³/mol. The van der Waals surface area contributed by atoms with Crippen molar-refractivity contribution in [2.24, 2.45) is 7.05 Å². The van der Waals surface area contributed by atoms with Crippen molar-refractivity contribution >= 4 is 15.9 Å². The van der Waals surface area contributed by atoms with E-state index >= 15 is 0 Å². The summed E-state index contributed by atoms with van der Waals surface area (Å²) in [6.45, 7) is 0. The normalized spacial score (nSPS) is 12.5. The molecule has 1 aromatic carbocycles. The molecule has 1 unspecified atom stereocenters. The van der Waals surface area contributed by atoms with Gasteiger partial charge in [0.2, 0.25) is 0 Å². The molecule has 1 atom stereocenters. The van der Waals surface area contributed by atoms with Crippen LogP contribution in [-0.2, 0) is 7.05 Å². The van der Waals surface area contributed by atoms with Gasteiger partial charge in [0.15, 0.2) is 5.75 Å². The predicted octanol–water partition coefficient (Wildman–Crippen LogP) is 2.55. The Morgan fingerprint density at radius 2 is 1.95 bits per heavy atom. The van der Waals surface area contributed by atoms with Gasteiger partial charge in [-0.3, -0.25) is 4.68 Å². The van der Waals surface area contributed by atoms with E-state index in [4.69, 9.17) is 4.74 Å². The molecular weight excluding hydrogens is 322 g/mol. The van der Waals surface area contributed by atoms with Gasteiger partial charge in [0.25, 0.3) is 0 Å². The number of aromatic nitrogens is 2. The molecule has 0 saturated heterocycles. The number of nitrogens with zero attached hydrogens (tertiary/aromatic N) is 2. The van der Waals surface area contributed by atoms with Crippen molar-refractivity contribution in [3.8, 4) is 5.75 Å². The van der Waals surface area contributed by atoms with Crippen molar-refractivity contribution < 1.29 is 18.6 Å². The van der Waals surface area contributed by atoms with Crippen LogP contribution in [0.15, 0.2) is 22.8 Å². The molecule has 0 amide bonds. The minimum atomic E-state index is -1.50. The molecule has 0 fully saturated rings. The maximum Gasteiger partial charge on any atom is 0.162 e. The lowest BCUT2D eigenvalue weighted by molar-refractivity contribution is 0.194. The Morgan fingerprint density at radius 3 is 2.47 bits per heavy atom. The molecule has 0 aliphatic heterocycles. The zero-order chi connectivity index (χ0) is 14.2. The van der Waals surface area contributed by atoms with E-state index in [0.29, 0.717) is 0 Å². The second-order valence-electron chi connectivity index (χ2n) is 3.91. The first-order valence-corrected chi connectivity index (χ1v) is 6.13. The number of benzene rings is 1. The zero-order valence-electron chi connectivity index (χ0n) is 10.2. The van der Waals surface area contributed by atoms with Crippen molar-refractivity contribution in [1.82, 2.24) is 9.78 Å². The summed E-state index contributed by atoms with van der Waals surface area (Å²) in [6, 6.07) is 2.18. The van der Waals surface area contributed by atoms with Crippen LogP contribution in [0.5, 0.6) is 5.75 Å². The summed E-state index contributed by atoms with van der Waals surface area (Å²) in [5, 5.41) is 14.1. The minimum absolute atomic E-state index is 0.183. The van der Waals surface area contributed by atoms with Crippen LogP contribution in [0.1, 0.15) is 17.4 Å². The van der Waals surface area contributed by atoms with Crippen LogP contribution in [0.25, 0.3) is 0 Å². The smallest absolute Gasteiger partial charge is 0.162 e. The fraction of sp³-hybridized carbons (Fsp3) is 0.250. The molecule has 102 valence electrons. The number of hydrogen-bond donors (Lipinski definition) is 1. The van der Waals surface area contributed by atoms with E-state index in [1.54, 1.807) is 7.05 Å². The van der Waals surface area contributed by atoms with Gasteiger partial charge in [-0.2, -0.15) is 5.10 Å². The van der Waals surface area contributed by atoms with E-state index in [1.807, 2.05) is 0 Å². The van der Waals surface area contributed by atoms with E-state index in [9.17, 15) is 13.9 Å². The lowest BCUT2D eigenvalue weighted by Crippen LogP contribution is -2.11. The van der Waals surface area contributed by atoms with Crippen molar-refractivity contribution in [2.75, 3.05) is 7.11 Å². The second kappa shape index (κ2) is 5.26. The van der Waals surface area contributed by atoms with Crippen LogP contribution in [0.3, 0.4) is 0 Å². The van der Waals surface area contributed by atoms with E-state index < -0.39 is 23.3 Å². The summed E-state index contributed by atoms with van der Waals surface area (Å²) >= 11 is 2.98. The maximum absolute atomic E-state index is 13.8. The third-order valence-electron chi connectivity index (χ3n) is 2.75. The molecule has 4 nitrogen and oxygen atoms in total. The van der Waals surface area contributed by atoms with Gasteiger partial charge in [-0.1, -0.05) is 15.9 Å². The summed E-state index contributed by atoms with van der Waals surface area (Å²) in [5.41, 5.74) is -0.257. The number of aliphatic hydroxyl groups is 1. The van der Waals surface area contributed by atoms with Crippen LogP contribution < -0.4 is 4.74 Å². The van der Waals surface area contributed by atoms with Gasteiger partial charge in [0.05, 0.1) is 18.9 Å². The second-order valence-corrected chi connectivity index (χ2v) is 4.82. The third-order valence-corrected chi connectivity index (χ3v) is 3.20. The van der Waals surface area contributed by atoms with Crippen LogP contribution in [-0.4, -0.2) is 22.0 Å². The molecule has 2 rings (SSSR count). The molecule has 0 radical (unpaired) electrons.